The van der Waals surface area contributed by atoms with Crippen LogP contribution in [-0.4, -0.2) is 26.3 Å². The molecular weight excluding hydrogens is 311 g/mol. The van der Waals surface area contributed by atoms with Crippen molar-refractivity contribution in [3.63, 3.8) is 0 Å². The largest absolute Gasteiger partial charge is 0.497 e. The fraction of sp³-hybridized carbons (Fsp3) is 0.278. The molecule has 24 heavy (non-hydrogen) atoms. The van der Waals surface area contributed by atoms with E-state index in [0.29, 0.717) is 30.3 Å². The topological polar surface area (TPSA) is 59.6 Å². The van der Waals surface area contributed by atoms with E-state index in [1.807, 2.05) is 6.07 Å². The minimum absolute atomic E-state index is 0.261. The third kappa shape index (κ3) is 6.16. The van der Waals surface area contributed by atoms with Gasteiger partial charge in [0.25, 0.3) is 0 Å². The zero-order valence-corrected chi connectivity index (χ0v) is 13.5. The van der Waals surface area contributed by atoms with Crippen LogP contribution < -0.4 is 20.1 Å². The number of ether oxygens (including phenoxy) is 2. The molecule has 0 aromatic heterocycles. The predicted molar refractivity (Wildman–Crippen MR) is 91.1 cm³/mol. The monoisotopic (exact) mass is 332 g/mol. The highest BCUT2D eigenvalue weighted by Gasteiger charge is 2.02. The van der Waals surface area contributed by atoms with E-state index >= 15 is 0 Å². The molecule has 0 aliphatic carbocycles. The number of unbranched alkanes of at least 4 members (excludes halogenated alkanes) is 1. The molecule has 0 atom stereocenters. The maximum Gasteiger partial charge on any atom is 0.319 e. The molecule has 0 aliphatic rings. The van der Waals surface area contributed by atoms with E-state index in [9.17, 15) is 9.18 Å². The molecule has 128 valence electrons. The molecule has 0 saturated carbocycles. The summed E-state index contributed by atoms with van der Waals surface area (Å²) in [6.45, 7) is 1.06. The van der Waals surface area contributed by atoms with Gasteiger partial charge in [-0.3, -0.25) is 0 Å². The van der Waals surface area contributed by atoms with E-state index in [1.54, 1.807) is 37.4 Å². The Morgan fingerprint density at radius 2 is 1.88 bits per heavy atom. The van der Waals surface area contributed by atoms with Gasteiger partial charge in [-0.05, 0) is 49.2 Å². The van der Waals surface area contributed by atoms with Crippen LogP contribution in [0.3, 0.4) is 0 Å². The summed E-state index contributed by atoms with van der Waals surface area (Å²) >= 11 is 0. The maximum absolute atomic E-state index is 12.7. The molecule has 2 N–H and O–H groups in total. The molecule has 5 nitrogen and oxygen atoms in total. The van der Waals surface area contributed by atoms with Crippen molar-refractivity contribution < 1.29 is 18.7 Å². The summed E-state index contributed by atoms with van der Waals surface area (Å²) in [5.74, 6) is 1.04. The number of methoxy groups -OCH3 is 1. The number of rotatable bonds is 8. The molecule has 2 aromatic carbocycles. The fourth-order valence-electron chi connectivity index (χ4n) is 2.03. The number of anilines is 1. The zero-order chi connectivity index (χ0) is 17.2. The summed E-state index contributed by atoms with van der Waals surface area (Å²) < 4.78 is 23.3. The van der Waals surface area contributed by atoms with Crippen LogP contribution >= 0.6 is 0 Å². The Hall–Kier alpha value is -2.76. The van der Waals surface area contributed by atoms with Gasteiger partial charge >= 0.3 is 6.03 Å². The summed E-state index contributed by atoms with van der Waals surface area (Å²) in [7, 11) is 1.58. The number of carbonyl (C=O) groups excluding carboxylic acids is 1. The number of hydrogen-bond acceptors (Lipinski definition) is 3. The highest BCUT2D eigenvalue weighted by atomic mass is 19.1. The Morgan fingerprint density at radius 3 is 2.62 bits per heavy atom. The third-order valence-corrected chi connectivity index (χ3v) is 3.27. The molecule has 0 fully saturated rings. The number of hydrogen-bond donors (Lipinski definition) is 2. The van der Waals surface area contributed by atoms with Crippen molar-refractivity contribution in [1.82, 2.24) is 5.32 Å². The van der Waals surface area contributed by atoms with E-state index in [-0.39, 0.29) is 11.8 Å². The maximum atomic E-state index is 12.7. The van der Waals surface area contributed by atoms with Crippen molar-refractivity contribution in [2.45, 2.75) is 12.8 Å². The SMILES string of the molecule is COc1cccc(NC(=O)NCCCCOc2ccc(F)cc2)c1. The average molecular weight is 332 g/mol. The van der Waals surface area contributed by atoms with Gasteiger partial charge in [-0.2, -0.15) is 0 Å². The summed E-state index contributed by atoms with van der Waals surface area (Å²) in [6.07, 6.45) is 1.57. The molecule has 2 amide bonds. The Labute approximate surface area is 140 Å². The number of halogens is 1. The van der Waals surface area contributed by atoms with Gasteiger partial charge in [0.2, 0.25) is 0 Å². The van der Waals surface area contributed by atoms with Crippen LogP contribution in [0.2, 0.25) is 0 Å². The quantitative estimate of drug-likeness (QED) is 0.723. The molecule has 0 heterocycles. The van der Waals surface area contributed by atoms with Crippen molar-refractivity contribution in [1.29, 1.82) is 0 Å². The Morgan fingerprint density at radius 1 is 1.08 bits per heavy atom. The van der Waals surface area contributed by atoms with Crippen LogP contribution in [0.15, 0.2) is 48.5 Å². The summed E-state index contributed by atoms with van der Waals surface area (Å²) in [5, 5.41) is 5.52. The molecule has 0 aliphatic heterocycles. The van der Waals surface area contributed by atoms with E-state index in [2.05, 4.69) is 10.6 Å². The van der Waals surface area contributed by atoms with Crippen molar-refractivity contribution in [2.24, 2.45) is 0 Å². The van der Waals surface area contributed by atoms with Gasteiger partial charge in [0.15, 0.2) is 0 Å². The number of nitrogens with one attached hydrogen (secondary N) is 2. The first kappa shape index (κ1) is 17.6. The van der Waals surface area contributed by atoms with Crippen molar-refractivity contribution in [3.8, 4) is 11.5 Å². The van der Waals surface area contributed by atoms with Crippen LogP contribution in [0, 0.1) is 5.82 Å². The van der Waals surface area contributed by atoms with Gasteiger partial charge in [0, 0.05) is 18.3 Å². The van der Waals surface area contributed by atoms with E-state index in [0.717, 1.165) is 12.8 Å². The molecule has 0 radical (unpaired) electrons. The lowest BCUT2D eigenvalue weighted by Crippen LogP contribution is -2.29. The van der Waals surface area contributed by atoms with Crippen molar-refractivity contribution >= 4 is 11.7 Å². The Bertz CT molecular complexity index is 647. The molecule has 0 bridgehead atoms. The molecule has 2 aromatic rings. The highest BCUT2D eigenvalue weighted by molar-refractivity contribution is 5.89. The van der Waals surface area contributed by atoms with Gasteiger partial charge in [-0.1, -0.05) is 6.07 Å². The van der Waals surface area contributed by atoms with Crippen LogP contribution in [0.1, 0.15) is 12.8 Å². The second-order valence-corrected chi connectivity index (χ2v) is 5.12. The standard InChI is InChI=1S/C18H21FN2O3/c1-23-17-6-4-5-15(13-17)21-18(22)20-11-2-3-12-24-16-9-7-14(19)8-10-16/h4-10,13H,2-3,11-12H2,1H3,(H2,20,21,22). The normalized spacial score (nSPS) is 10.1. The fourth-order valence-corrected chi connectivity index (χ4v) is 2.03. The zero-order valence-electron chi connectivity index (χ0n) is 13.5. The second kappa shape index (κ2) is 9.39. The predicted octanol–water partition coefficient (Wildman–Crippen LogP) is 3.82. The lowest BCUT2D eigenvalue weighted by atomic mass is 10.3. The highest BCUT2D eigenvalue weighted by Crippen LogP contribution is 2.16. The van der Waals surface area contributed by atoms with Crippen LogP contribution in [0.5, 0.6) is 11.5 Å². The Balaban J connectivity index is 1.58. The van der Waals surface area contributed by atoms with E-state index in [1.165, 1.54) is 12.1 Å². The summed E-state index contributed by atoms with van der Waals surface area (Å²) in [5.41, 5.74) is 0.673. The smallest absolute Gasteiger partial charge is 0.319 e. The first-order valence-corrected chi connectivity index (χ1v) is 7.74. The Kier molecular flexibility index (Phi) is 6.89. The molecule has 0 spiro atoms. The lowest BCUT2D eigenvalue weighted by molar-refractivity contribution is 0.251. The van der Waals surface area contributed by atoms with Crippen molar-refractivity contribution in [3.05, 3.63) is 54.3 Å². The van der Waals surface area contributed by atoms with E-state index in [4.69, 9.17) is 9.47 Å². The average Bonchev–Trinajstić information content (AvgIpc) is 2.59. The van der Waals surface area contributed by atoms with E-state index < -0.39 is 0 Å². The van der Waals surface area contributed by atoms with Crippen LogP contribution in [0.25, 0.3) is 0 Å². The molecule has 6 heteroatoms. The second-order valence-electron chi connectivity index (χ2n) is 5.12. The first-order valence-electron chi connectivity index (χ1n) is 7.74. The van der Waals surface area contributed by atoms with Gasteiger partial charge in [-0.15, -0.1) is 0 Å². The van der Waals surface area contributed by atoms with Gasteiger partial charge in [-0.25, -0.2) is 9.18 Å². The number of carbonyl (C=O) groups is 1. The van der Waals surface area contributed by atoms with Crippen LogP contribution in [-0.2, 0) is 0 Å². The lowest BCUT2D eigenvalue weighted by Gasteiger charge is -2.09. The summed E-state index contributed by atoms with van der Waals surface area (Å²) in [4.78, 5) is 11.8. The minimum atomic E-state index is -0.284. The summed E-state index contributed by atoms with van der Waals surface area (Å²) in [6, 6.07) is 12.8. The number of urea groups is 1. The molecular formula is C18H21FN2O3. The molecule has 0 saturated heterocycles. The number of amides is 2. The van der Waals surface area contributed by atoms with Gasteiger partial charge in [0.05, 0.1) is 13.7 Å². The molecule has 0 unspecified atom stereocenters. The minimum Gasteiger partial charge on any atom is -0.497 e. The van der Waals surface area contributed by atoms with Gasteiger partial charge in [0.1, 0.15) is 17.3 Å². The van der Waals surface area contributed by atoms with Crippen LogP contribution in [0.4, 0.5) is 14.9 Å². The third-order valence-electron chi connectivity index (χ3n) is 3.27. The number of benzene rings is 2. The van der Waals surface area contributed by atoms with Crippen molar-refractivity contribution in [2.75, 3.05) is 25.6 Å². The first-order chi connectivity index (χ1) is 11.7. The molecule has 2 rings (SSSR count). The van der Waals surface area contributed by atoms with Gasteiger partial charge < -0.3 is 20.1 Å².